The smallest absolute Gasteiger partial charge is 0.257 e. The molecule has 0 radical (unpaired) electrons. The van der Waals surface area contributed by atoms with Gasteiger partial charge >= 0.3 is 0 Å². The van der Waals surface area contributed by atoms with Crippen molar-refractivity contribution in [2.24, 2.45) is 0 Å². The van der Waals surface area contributed by atoms with Gasteiger partial charge in [0.05, 0.1) is 0 Å². The zero-order chi connectivity index (χ0) is 20.4. The Morgan fingerprint density at radius 1 is 1.11 bits per heavy atom. The standard InChI is InChI=1S/C22H22ClN3O2/c1-13-8-9-14(2)19(10-13)25-20(27)12-26-21(17-6-5-7-18(23)11-17)24-16(4)15(3)22(26)28/h5-11H,12H2,1-4H3,(H,25,27). The van der Waals surface area contributed by atoms with Crippen molar-refractivity contribution in [3.63, 3.8) is 0 Å². The van der Waals surface area contributed by atoms with E-state index in [9.17, 15) is 9.59 Å². The molecule has 3 aromatic rings. The number of halogens is 1. The zero-order valence-corrected chi connectivity index (χ0v) is 17.1. The van der Waals surface area contributed by atoms with Gasteiger partial charge in [0, 0.05) is 27.5 Å². The second-order valence-electron chi connectivity index (χ2n) is 6.91. The van der Waals surface area contributed by atoms with E-state index in [0.717, 1.165) is 16.8 Å². The van der Waals surface area contributed by atoms with Gasteiger partial charge in [0.25, 0.3) is 5.56 Å². The predicted molar refractivity (Wildman–Crippen MR) is 113 cm³/mol. The lowest BCUT2D eigenvalue weighted by Gasteiger charge is -2.15. The van der Waals surface area contributed by atoms with E-state index in [1.807, 2.05) is 38.1 Å². The van der Waals surface area contributed by atoms with Crippen LogP contribution >= 0.6 is 11.6 Å². The van der Waals surface area contributed by atoms with Crippen molar-refractivity contribution in [2.45, 2.75) is 34.2 Å². The molecule has 144 valence electrons. The number of aromatic nitrogens is 2. The topological polar surface area (TPSA) is 64.0 Å². The van der Waals surface area contributed by atoms with Crippen LogP contribution in [0.1, 0.15) is 22.4 Å². The predicted octanol–water partition coefficient (Wildman–Crippen LogP) is 4.44. The van der Waals surface area contributed by atoms with E-state index in [2.05, 4.69) is 10.3 Å². The number of amides is 1. The number of hydrogen-bond donors (Lipinski definition) is 1. The van der Waals surface area contributed by atoms with Gasteiger partial charge in [-0.05, 0) is 57.0 Å². The highest BCUT2D eigenvalue weighted by molar-refractivity contribution is 6.30. The first kappa shape index (κ1) is 19.8. The van der Waals surface area contributed by atoms with Gasteiger partial charge in [-0.25, -0.2) is 4.98 Å². The van der Waals surface area contributed by atoms with E-state index < -0.39 is 0 Å². The molecule has 1 heterocycles. The van der Waals surface area contributed by atoms with Crippen molar-refractivity contribution < 1.29 is 4.79 Å². The van der Waals surface area contributed by atoms with Crippen LogP contribution in [0, 0.1) is 27.7 Å². The number of rotatable bonds is 4. The highest BCUT2D eigenvalue weighted by Gasteiger charge is 2.16. The lowest BCUT2D eigenvalue weighted by molar-refractivity contribution is -0.116. The Morgan fingerprint density at radius 3 is 2.57 bits per heavy atom. The van der Waals surface area contributed by atoms with Crippen LogP contribution in [0.15, 0.2) is 47.3 Å². The molecule has 0 saturated heterocycles. The molecule has 0 atom stereocenters. The highest BCUT2D eigenvalue weighted by Crippen LogP contribution is 2.22. The lowest BCUT2D eigenvalue weighted by atomic mass is 10.1. The molecule has 0 unspecified atom stereocenters. The molecule has 1 amide bonds. The van der Waals surface area contributed by atoms with Crippen molar-refractivity contribution in [1.29, 1.82) is 0 Å². The van der Waals surface area contributed by atoms with Gasteiger partial charge in [-0.1, -0.05) is 35.9 Å². The van der Waals surface area contributed by atoms with Crippen LogP contribution in [0.5, 0.6) is 0 Å². The number of carbonyl (C=O) groups is 1. The first-order valence-electron chi connectivity index (χ1n) is 8.97. The maximum atomic E-state index is 12.9. The summed E-state index contributed by atoms with van der Waals surface area (Å²) in [6.07, 6.45) is 0. The largest absolute Gasteiger partial charge is 0.324 e. The van der Waals surface area contributed by atoms with E-state index in [-0.39, 0.29) is 18.0 Å². The van der Waals surface area contributed by atoms with Crippen molar-refractivity contribution >= 4 is 23.2 Å². The Balaban J connectivity index is 2.01. The molecule has 6 heteroatoms. The minimum atomic E-state index is -0.288. The summed E-state index contributed by atoms with van der Waals surface area (Å²) in [5, 5.41) is 3.44. The molecule has 0 aliphatic rings. The molecule has 1 aromatic heterocycles. The fourth-order valence-electron chi connectivity index (χ4n) is 2.95. The summed E-state index contributed by atoms with van der Waals surface area (Å²) < 4.78 is 1.40. The van der Waals surface area contributed by atoms with Crippen LogP contribution < -0.4 is 10.9 Å². The van der Waals surface area contributed by atoms with Gasteiger partial charge < -0.3 is 5.32 Å². The van der Waals surface area contributed by atoms with Crippen LogP contribution in [0.25, 0.3) is 11.4 Å². The van der Waals surface area contributed by atoms with Crippen LogP contribution in [0.2, 0.25) is 5.02 Å². The summed E-state index contributed by atoms with van der Waals surface area (Å²) in [4.78, 5) is 30.2. The number of carbonyl (C=O) groups excluding carboxylic acids is 1. The maximum absolute atomic E-state index is 12.9. The number of nitrogens with one attached hydrogen (secondary N) is 1. The number of benzene rings is 2. The minimum Gasteiger partial charge on any atom is -0.324 e. The van der Waals surface area contributed by atoms with E-state index in [0.29, 0.717) is 27.7 Å². The molecule has 0 aliphatic heterocycles. The van der Waals surface area contributed by atoms with E-state index >= 15 is 0 Å². The van der Waals surface area contributed by atoms with Crippen molar-refractivity contribution in [3.05, 3.63) is 80.2 Å². The Labute approximate surface area is 169 Å². The first-order chi connectivity index (χ1) is 13.3. The Bertz CT molecular complexity index is 1120. The average molecular weight is 396 g/mol. The Kier molecular flexibility index (Phi) is 5.66. The number of hydrogen-bond acceptors (Lipinski definition) is 3. The SMILES string of the molecule is Cc1ccc(C)c(NC(=O)Cn2c(-c3cccc(Cl)c3)nc(C)c(C)c2=O)c1. The van der Waals surface area contributed by atoms with Gasteiger partial charge in [0.1, 0.15) is 12.4 Å². The molecule has 0 bridgehead atoms. The van der Waals surface area contributed by atoms with Crippen LogP contribution in [-0.4, -0.2) is 15.5 Å². The van der Waals surface area contributed by atoms with E-state index in [1.54, 1.807) is 32.0 Å². The lowest BCUT2D eigenvalue weighted by Crippen LogP contribution is -2.31. The summed E-state index contributed by atoms with van der Waals surface area (Å²) in [6, 6.07) is 12.9. The molecule has 5 nitrogen and oxygen atoms in total. The summed E-state index contributed by atoms with van der Waals surface area (Å²) in [7, 11) is 0. The quantitative estimate of drug-likeness (QED) is 0.710. The van der Waals surface area contributed by atoms with Crippen LogP contribution in [-0.2, 0) is 11.3 Å². The monoisotopic (exact) mass is 395 g/mol. The van der Waals surface area contributed by atoms with E-state index in [4.69, 9.17) is 11.6 Å². The van der Waals surface area contributed by atoms with E-state index in [1.165, 1.54) is 4.57 Å². The Hall–Kier alpha value is -2.92. The summed E-state index contributed by atoms with van der Waals surface area (Å²) in [5.74, 6) is 0.135. The average Bonchev–Trinajstić information content (AvgIpc) is 2.65. The molecule has 0 aliphatic carbocycles. The zero-order valence-electron chi connectivity index (χ0n) is 16.3. The second-order valence-corrected chi connectivity index (χ2v) is 7.35. The molecule has 1 N–H and O–H groups in total. The Morgan fingerprint density at radius 2 is 1.86 bits per heavy atom. The third-order valence-corrected chi connectivity index (χ3v) is 4.92. The highest BCUT2D eigenvalue weighted by atomic mass is 35.5. The van der Waals surface area contributed by atoms with Gasteiger partial charge in [-0.3, -0.25) is 14.2 Å². The molecular formula is C22H22ClN3O2. The summed E-state index contributed by atoms with van der Waals surface area (Å²) in [5.41, 5.74) is 4.34. The van der Waals surface area contributed by atoms with Gasteiger partial charge in [-0.2, -0.15) is 0 Å². The molecule has 0 fully saturated rings. The van der Waals surface area contributed by atoms with Crippen LogP contribution in [0.3, 0.4) is 0 Å². The third-order valence-electron chi connectivity index (χ3n) is 4.69. The third kappa shape index (κ3) is 4.15. The molecule has 0 saturated carbocycles. The van der Waals surface area contributed by atoms with Crippen LogP contribution in [0.4, 0.5) is 5.69 Å². The molecular weight excluding hydrogens is 374 g/mol. The van der Waals surface area contributed by atoms with Crippen molar-refractivity contribution in [1.82, 2.24) is 9.55 Å². The molecule has 28 heavy (non-hydrogen) atoms. The fraction of sp³-hybridized carbons (Fsp3) is 0.227. The van der Waals surface area contributed by atoms with Gasteiger partial charge in [0.2, 0.25) is 5.91 Å². The summed E-state index contributed by atoms with van der Waals surface area (Å²) in [6.45, 7) is 7.25. The first-order valence-corrected chi connectivity index (χ1v) is 9.35. The summed E-state index contributed by atoms with van der Waals surface area (Å²) >= 11 is 6.11. The molecule has 3 rings (SSSR count). The number of aryl methyl sites for hydroxylation is 3. The second kappa shape index (κ2) is 7.98. The molecule has 2 aromatic carbocycles. The van der Waals surface area contributed by atoms with Crippen molar-refractivity contribution in [3.8, 4) is 11.4 Å². The number of anilines is 1. The van der Waals surface area contributed by atoms with Gasteiger partial charge in [0.15, 0.2) is 0 Å². The van der Waals surface area contributed by atoms with Gasteiger partial charge in [-0.15, -0.1) is 0 Å². The molecule has 0 spiro atoms. The maximum Gasteiger partial charge on any atom is 0.257 e. The normalized spacial score (nSPS) is 10.8. The minimum absolute atomic E-state index is 0.137. The fourth-order valence-corrected chi connectivity index (χ4v) is 3.15. The van der Waals surface area contributed by atoms with Crippen molar-refractivity contribution in [2.75, 3.05) is 5.32 Å². The number of nitrogens with zero attached hydrogens (tertiary/aromatic N) is 2.